The minimum Gasteiger partial charge on any atom is -0.294 e. The van der Waals surface area contributed by atoms with Crippen LogP contribution in [0.15, 0.2) is 40.9 Å². The van der Waals surface area contributed by atoms with E-state index in [1.165, 1.54) is 30.3 Å². The number of rotatable bonds is 3. The van der Waals surface area contributed by atoms with Crippen molar-refractivity contribution in [1.82, 2.24) is 0 Å². The second kappa shape index (κ2) is 5.80. The van der Waals surface area contributed by atoms with Crippen LogP contribution >= 0.6 is 27.5 Å². The van der Waals surface area contributed by atoms with Gasteiger partial charge in [0.25, 0.3) is 0 Å². The maximum atomic E-state index is 13.6. The lowest BCUT2D eigenvalue weighted by Crippen LogP contribution is -2.06. The molecule has 0 aliphatic heterocycles. The van der Waals surface area contributed by atoms with Crippen molar-refractivity contribution in [2.45, 2.75) is 6.42 Å². The molecule has 1 nitrogen and oxygen atoms in total. The van der Waals surface area contributed by atoms with Crippen molar-refractivity contribution in [3.8, 4) is 0 Å². The van der Waals surface area contributed by atoms with Gasteiger partial charge in [-0.05, 0) is 29.8 Å². The molecule has 98 valence electrons. The minimum atomic E-state index is -0.663. The van der Waals surface area contributed by atoms with E-state index >= 15 is 0 Å². The molecule has 0 aliphatic carbocycles. The Bertz CT molecular complexity index is 643. The second-order valence-electron chi connectivity index (χ2n) is 3.94. The summed E-state index contributed by atoms with van der Waals surface area (Å²) in [5.41, 5.74) is 0.303. The van der Waals surface area contributed by atoms with Gasteiger partial charge in [0, 0.05) is 16.5 Å². The minimum absolute atomic E-state index is 0.0592. The Morgan fingerprint density at radius 1 is 1.16 bits per heavy atom. The standard InChI is InChI=1S/C14H8BrClF2O/c15-9-5-4-8(12(18)7-9)6-13(19)10-2-1-3-11(17)14(10)16/h1-5,7H,6H2. The average molecular weight is 346 g/mol. The number of hydrogen-bond donors (Lipinski definition) is 0. The van der Waals surface area contributed by atoms with Crippen LogP contribution in [0.25, 0.3) is 0 Å². The summed E-state index contributed by atoms with van der Waals surface area (Å²) < 4.78 is 27.5. The summed E-state index contributed by atoms with van der Waals surface area (Å²) in [6, 6.07) is 8.40. The SMILES string of the molecule is O=C(Cc1ccc(Br)cc1F)c1cccc(F)c1Cl. The number of carbonyl (C=O) groups excluding carboxylic acids is 1. The predicted octanol–water partition coefficient (Wildman–Crippen LogP) is 4.81. The average Bonchev–Trinajstić information content (AvgIpc) is 2.36. The third kappa shape index (κ3) is 3.19. The van der Waals surface area contributed by atoms with Gasteiger partial charge in [0.05, 0.1) is 5.02 Å². The van der Waals surface area contributed by atoms with Gasteiger partial charge in [-0.3, -0.25) is 4.79 Å². The molecule has 2 aromatic carbocycles. The van der Waals surface area contributed by atoms with Gasteiger partial charge in [0.1, 0.15) is 11.6 Å². The molecule has 0 aromatic heterocycles. The molecular formula is C14H8BrClF2O. The molecule has 0 heterocycles. The predicted molar refractivity (Wildman–Crippen MR) is 73.5 cm³/mol. The topological polar surface area (TPSA) is 17.1 Å². The lowest BCUT2D eigenvalue weighted by Gasteiger charge is -2.06. The first-order valence-corrected chi connectivity index (χ1v) is 6.57. The molecule has 0 bridgehead atoms. The Kier molecular flexibility index (Phi) is 4.32. The van der Waals surface area contributed by atoms with E-state index < -0.39 is 17.4 Å². The fourth-order valence-electron chi connectivity index (χ4n) is 1.65. The van der Waals surface area contributed by atoms with Crippen LogP contribution in [0.1, 0.15) is 15.9 Å². The number of halogens is 4. The smallest absolute Gasteiger partial charge is 0.168 e. The Morgan fingerprint density at radius 2 is 1.89 bits per heavy atom. The summed E-state index contributed by atoms with van der Waals surface area (Å²) >= 11 is 8.86. The Balaban J connectivity index is 2.28. The number of carbonyl (C=O) groups is 1. The zero-order valence-corrected chi connectivity index (χ0v) is 11.9. The first kappa shape index (κ1) is 14.2. The molecule has 19 heavy (non-hydrogen) atoms. The van der Waals surface area contributed by atoms with Crippen LogP contribution in [0.4, 0.5) is 8.78 Å². The summed E-state index contributed by atoms with van der Waals surface area (Å²) in [7, 11) is 0. The van der Waals surface area contributed by atoms with E-state index in [1.54, 1.807) is 6.07 Å². The van der Waals surface area contributed by atoms with Crippen molar-refractivity contribution in [1.29, 1.82) is 0 Å². The van der Waals surface area contributed by atoms with Gasteiger partial charge in [-0.1, -0.05) is 39.7 Å². The zero-order chi connectivity index (χ0) is 14.0. The number of ketones is 1. The molecule has 0 radical (unpaired) electrons. The summed E-state index contributed by atoms with van der Waals surface area (Å²) in [6.45, 7) is 0. The first-order chi connectivity index (χ1) is 8.99. The van der Waals surface area contributed by atoms with Gasteiger partial charge in [-0.15, -0.1) is 0 Å². The van der Waals surface area contributed by atoms with Gasteiger partial charge < -0.3 is 0 Å². The molecule has 2 aromatic rings. The number of Topliss-reactive ketones (excluding diaryl/α,β-unsaturated/α-hetero) is 1. The molecule has 5 heteroatoms. The summed E-state index contributed by atoms with van der Waals surface area (Å²) in [5, 5.41) is -0.231. The molecule has 0 saturated heterocycles. The van der Waals surface area contributed by atoms with E-state index in [1.807, 2.05) is 0 Å². The van der Waals surface area contributed by atoms with Crippen LogP contribution in [0, 0.1) is 11.6 Å². The molecule has 0 spiro atoms. The van der Waals surface area contributed by atoms with Crippen LogP contribution in [0.3, 0.4) is 0 Å². The van der Waals surface area contributed by atoms with Crippen LogP contribution in [0.5, 0.6) is 0 Å². The largest absolute Gasteiger partial charge is 0.294 e. The molecule has 0 aliphatic rings. The third-order valence-corrected chi connectivity index (χ3v) is 3.50. The molecule has 0 fully saturated rings. The van der Waals surface area contributed by atoms with E-state index in [4.69, 9.17) is 11.6 Å². The molecule has 0 saturated carbocycles. The molecule has 0 N–H and O–H groups in total. The molecule has 0 atom stereocenters. The fourth-order valence-corrected chi connectivity index (χ4v) is 2.22. The van der Waals surface area contributed by atoms with Gasteiger partial charge >= 0.3 is 0 Å². The van der Waals surface area contributed by atoms with Crippen molar-refractivity contribution in [2.24, 2.45) is 0 Å². The second-order valence-corrected chi connectivity index (χ2v) is 5.23. The van der Waals surface area contributed by atoms with E-state index in [9.17, 15) is 13.6 Å². The maximum Gasteiger partial charge on any atom is 0.168 e. The monoisotopic (exact) mass is 344 g/mol. The Labute approximate surface area is 122 Å². The van der Waals surface area contributed by atoms with E-state index in [2.05, 4.69) is 15.9 Å². The van der Waals surface area contributed by atoms with Crippen molar-refractivity contribution < 1.29 is 13.6 Å². The third-order valence-electron chi connectivity index (χ3n) is 2.62. The van der Waals surface area contributed by atoms with Gasteiger partial charge in [0.15, 0.2) is 5.78 Å². The molecule has 2 rings (SSSR count). The zero-order valence-electron chi connectivity index (χ0n) is 9.59. The normalized spacial score (nSPS) is 10.5. The van der Waals surface area contributed by atoms with Crippen LogP contribution in [-0.2, 0) is 6.42 Å². The van der Waals surface area contributed by atoms with Crippen LogP contribution in [-0.4, -0.2) is 5.78 Å². The lowest BCUT2D eigenvalue weighted by molar-refractivity contribution is 0.0991. The summed E-state index contributed by atoms with van der Waals surface area (Å²) in [6.07, 6.45) is -0.164. The van der Waals surface area contributed by atoms with E-state index in [0.717, 1.165) is 0 Å². The Hall–Kier alpha value is -1.26. The fraction of sp³-hybridized carbons (Fsp3) is 0.0714. The van der Waals surface area contributed by atoms with E-state index in [-0.39, 0.29) is 22.6 Å². The quantitative estimate of drug-likeness (QED) is 0.730. The lowest BCUT2D eigenvalue weighted by atomic mass is 10.0. The highest BCUT2D eigenvalue weighted by molar-refractivity contribution is 9.10. The maximum absolute atomic E-state index is 13.6. The highest BCUT2D eigenvalue weighted by atomic mass is 79.9. The summed E-state index contributed by atoms with van der Waals surface area (Å²) in [4.78, 5) is 12.0. The van der Waals surface area contributed by atoms with Crippen molar-refractivity contribution in [3.05, 3.63) is 68.7 Å². The number of benzene rings is 2. The Morgan fingerprint density at radius 3 is 2.58 bits per heavy atom. The summed E-state index contributed by atoms with van der Waals surface area (Å²) in [5.74, 6) is -1.58. The van der Waals surface area contributed by atoms with Gasteiger partial charge in [-0.25, -0.2) is 8.78 Å². The highest BCUT2D eigenvalue weighted by Gasteiger charge is 2.15. The van der Waals surface area contributed by atoms with Crippen LogP contribution in [0.2, 0.25) is 5.02 Å². The van der Waals surface area contributed by atoms with Gasteiger partial charge in [0.2, 0.25) is 0 Å². The number of hydrogen-bond acceptors (Lipinski definition) is 1. The van der Waals surface area contributed by atoms with Crippen molar-refractivity contribution >= 4 is 33.3 Å². The molecule has 0 unspecified atom stereocenters. The van der Waals surface area contributed by atoms with Crippen molar-refractivity contribution in [3.63, 3.8) is 0 Å². The van der Waals surface area contributed by atoms with Crippen molar-refractivity contribution in [2.75, 3.05) is 0 Å². The van der Waals surface area contributed by atoms with Crippen LogP contribution < -0.4 is 0 Å². The highest BCUT2D eigenvalue weighted by Crippen LogP contribution is 2.22. The van der Waals surface area contributed by atoms with Gasteiger partial charge in [-0.2, -0.15) is 0 Å². The van der Waals surface area contributed by atoms with E-state index in [0.29, 0.717) is 4.47 Å². The first-order valence-electron chi connectivity index (χ1n) is 5.40. The molecule has 0 amide bonds. The molecular weight excluding hydrogens is 338 g/mol.